The summed E-state index contributed by atoms with van der Waals surface area (Å²) >= 11 is 0. The molecule has 1 N–H and O–H groups in total. The van der Waals surface area contributed by atoms with Crippen molar-refractivity contribution in [1.29, 1.82) is 0 Å². The van der Waals surface area contributed by atoms with E-state index >= 15 is 0 Å². The summed E-state index contributed by atoms with van der Waals surface area (Å²) in [6, 6.07) is 0.549. The molecular formula is C11H20N4O2. The molecule has 0 aliphatic heterocycles. The van der Waals surface area contributed by atoms with Gasteiger partial charge in [-0.2, -0.15) is 9.97 Å². The first kappa shape index (κ1) is 13.5. The van der Waals surface area contributed by atoms with Gasteiger partial charge < -0.3 is 14.8 Å². The maximum absolute atomic E-state index is 5.70. The van der Waals surface area contributed by atoms with Crippen LogP contribution in [-0.4, -0.2) is 34.2 Å². The Bertz CT molecular complexity index is 368. The van der Waals surface area contributed by atoms with Crippen molar-refractivity contribution in [3.8, 4) is 12.0 Å². The molecule has 1 heterocycles. The number of ether oxygens (including phenoxy) is 2. The van der Waals surface area contributed by atoms with Crippen LogP contribution in [0.15, 0.2) is 0 Å². The van der Waals surface area contributed by atoms with E-state index in [2.05, 4.69) is 20.3 Å². The summed E-state index contributed by atoms with van der Waals surface area (Å²) in [5.41, 5.74) is -0.310. The molecule has 0 bridgehead atoms. The van der Waals surface area contributed by atoms with E-state index < -0.39 is 0 Å². The Balaban J connectivity index is 2.94. The standard InChI is InChI=1S/C11H20N4O2/c1-6-11(3,4)17-10-14-8(12-5)13-9(15-10)16-7-2/h6-7H2,1-5H3,(H,12,13,14,15). The molecule has 0 aliphatic rings. The molecule has 0 radical (unpaired) electrons. The molecule has 0 atom stereocenters. The summed E-state index contributed by atoms with van der Waals surface area (Å²) in [5.74, 6) is 0.436. The maximum Gasteiger partial charge on any atom is 0.324 e. The van der Waals surface area contributed by atoms with Gasteiger partial charge in [-0.3, -0.25) is 0 Å². The molecule has 6 nitrogen and oxygen atoms in total. The molecule has 0 fully saturated rings. The predicted molar refractivity (Wildman–Crippen MR) is 65.5 cm³/mol. The predicted octanol–water partition coefficient (Wildman–Crippen LogP) is 1.88. The van der Waals surface area contributed by atoms with Crippen molar-refractivity contribution in [2.24, 2.45) is 0 Å². The molecule has 17 heavy (non-hydrogen) atoms. The molecule has 0 saturated heterocycles. The largest absolute Gasteiger partial charge is 0.464 e. The molecule has 1 rings (SSSR count). The van der Waals surface area contributed by atoms with Gasteiger partial charge in [-0.05, 0) is 27.2 Å². The molecule has 1 aromatic rings. The van der Waals surface area contributed by atoms with Crippen LogP contribution in [0.1, 0.15) is 34.1 Å². The van der Waals surface area contributed by atoms with Crippen LogP contribution in [0.2, 0.25) is 0 Å². The summed E-state index contributed by atoms with van der Waals surface area (Å²) < 4.78 is 11.0. The number of aromatic nitrogens is 3. The van der Waals surface area contributed by atoms with Crippen molar-refractivity contribution in [2.75, 3.05) is 19.0 Å². The molecule has 0 aliphatic carbocycles. The number of hydrogen-bond donors (Lipinski definition) is 1. The van der Waals surface area contributed by atoms with Crippen molar-refractivity contribution in [3.63, 3.8) is 0 Å². The number of nitrogens with one attached hydrogen (secondary N) is 1. The highest BCUT2D eigenvalue weighted by Crippen LogP contribution is 2.19. The lowest BCUT2D eigenvalue weighted by Crippen LogP contribution is -2.28. The third kappa shape index (κ3) is 4.05. The van der Waals surface area contributed by atoms with Gasteiger partial charge in [0.2, 0.25) is 5.95 Å². The molecule has 0 amide bonds. The highest BCUT2D eigenvalue weighted by molar-refractivity contribution is 5.26. The molecule has 0 saturated carbocycles. The fourth-order valence-electron chi connectivity index (χ4n) is 1.01. The molecule has 96 valence electrons. The Morgan fingerprint density at radius 3 is 2.29 bits per heavy atom. The van der Waals surface area contributed by atoms with Crippen LogP contribution in [0.4, 0.5) is 5.95 Å². The first-order chi connectivity index (χ1) is 8.00. The quantitative estimate of drug-likeness (QED) is 0.818. The lowest BCUT2D eigenvalue weighted by atomic mass is 10.1. The van der Waals surface area contributed by atoms with Crippen LogP contribution in [-0.2, 0) is 0 Å². The van der Waals surface area contributed by atoms with Crippen LogP contribution in [0.3, 0.4) is 0 Å². The van der Waals surface area contributed by atoms with Gasteiger partial charge in [0.15, 0.2) is 0 Å². The Morgan fingerprint density at radius 1 is 1.12 bits per heavy atom. The summed E-state index contributed by atoms with van der Waals surface area (Å²) in [6.07, 6.45) is 0.859. The Hall–Kier alpha value is -1.59. The molecule has 0 unspecified atom stereocenters. The smallest absolute Gasteiger partial charge is 0.324 e. The molecule has 6 heteroatoms. The van der Waals surface area contributed by atoms with E-state index in [1.165, 1.54) is 0 Å². The van der Waals surface area contributed by atoms with Crippen LogP contribution >= 0.6 is 0 Å². The third-order valence-corrected chi connectivity index (χ3v) is 2.31. The number of rotatable bonds is 6. The van der Waals surface area contributed by atoms with Gasteiger partial charge in [0, 0.05) is 7.05 Å². The molecule has 0 aromatic carbocycles. The third-order valence-electron chi connectivity index (χ3n) is 2.31. The van der Waals surface area contributed by atoms with Gasteiger partial charge in [-0.25, -0.2) is 0 Å². The van der Waals surface area contributed by atoms with Gasteiger partial charge in [0.05, 0.1) is 6.61 Å². The first-order valence-electron chi connectivity index (χ1n) is 5.76. The SMILES string of the molecule is CCOc1nc(NC)nc(OC(C)(C)CC)n1. The lowest BCUT2D eigenvalue weighted by molar-refractivity contribution is 0.0908. The van der Waals surface area contributed by atoms with E-state index in [0.29, 0.717) is 12.6 Å². The topological polar surface area (TPSA) is 69.2 Å². The molecule has 0 spiro atoms. The van der Waals surface area contributed by atoms with Crippen molar-refractivity contribution in [1.82, 2.24) is 15.0 Å². The van der Waals surface area contributed by atoms with Crippen molar-refractivity contribution in [2.45, 2.75) is 39.7 Å². The fraction of sp³-hybridized carbons (Fsp3) is 0.727. The summed E-state index contributed by atoms with van der Waals surface area (Å²) in [4.78, 5) is 12.3. The van der Waals surface area contributed by atoms with Crippen LogP contribution in [0.25, 0.3) is 0 Å². The number of anilines is 1. The first-order valence-corrected chi connectivity index (χ1v) is 5.76. The normalized spacial score (nSPS) is 11.1. The second-order valence-corrected chi connectivity index (χ2v) is 4.12. The van der Waals surface area contributed by atoms with E-state index in [4.69, 9.17) is 9.47 Å². The second-order valence-electron chi connectivity index (χ2n) is 4.12. The zero-order valence-electron chi connectivity index (χ0n) is 11.1. The van der Waals surface area contributed by atoms with Crippen molar-refractivity contribution in [3.05, 3.63) is 0 Å². The highest BCUT2D eigenvalue weighted by atomic mass is 16.5. The van der Waals surface area contributed by atoms with Gasteiger partial charge in [-0.15, -0.1) is 4.98 Å². The van der Waals surface area contributed by atoms with E-state index in [1.807, 2.05) is 27.7 Å². The Labute approximate surface area is 102 Å². The maximum atomic E-state index is 5.70. The molecule has 1 aromatic heterocycles. The minimum atomic E-state index is -0.310. The van der Waals surface area contributed by atoms with Crippen LogP contribution in [0, 0.1) is 0 Å². The number of nitrogens with zero attached hydrogens (tertiary/aromatic N) is 3. The average molecular weight is 240 g/mol. The van der Waals surface area contributed by atoms with Crippen molar-refractivity contribution < 1.29 is 9.47 Å². The van der Waals surface area contributed by atoms with Gasteiger partial charge in [0.1, 0.15) is 5.60 Å². The van der Waals surface area contributed by atoms with Crippen molar-refractivity contribution >= 4 is 5.95 Å². The summed E-state index contributed by atoms with van der Waals surface area (Å²) in [7, 11) is 1.74. The van der Waals surface area contributed by atoms with Crippen LogP contribution < -0.4 is 14.8 Å². The van der Waals surface area contributed by atoms with E-state index in [-0.39, 0.29) is 17.6 Å². The lowest BCUT2D eigenvalue weighted by Gasteiger charge is -2.23. The highest BCUT2D eigenvalue weighted by Gasteiger charge is 2.19. The van der Waals surface area contributed by atoms with E-state index in [0.717, 1.165) is 6.42 Å². The monoisotopic (exact) mass is 240 g/mol. The molecular weight excluding hydrogens is 220 g/mol. The minimum Gasteiger partial charge on any atom is -0.464 e. The van der Waals surface area contributed by atoms with Crippen LogP contribution in [0.5, 0.6) is 12.0 Å². The van der Waals surface area contributed by atoms with E-state index in [1.54, 1.807) is 7.05 Å². The minimum absolute atomic E-state index is 0.272. The summed E-state index contributed by atoms with van der Waals surface area (Å²) in [5, 5.41) is 2.85. The fourth-order valence-corrected chi connectivity index (χ4v) is 1.01. The average Bonchev–Trinajstić information content (AvgIpc) is 2.28. The summed E-state index contributed by atoms with van der Waals surface area (Å²) in [6.45, 7) is 8.39. The Kier molecular flexibility index (Phi) is 4.48. The second kappa shape index (κ2) is 5.65. The zero-order chi connectivity index (χ0) is 12.9. The zero-order valence-corrected chi connectivity index (χ0v) is 11.1. The Morgan fingerprint density at radius 2 is 1.76 bits per heavy atom. The van der Waals surface area contributed by atoms with Gasteiger partial charge >= 0.3 is 12.0 Å². The number of hydrogen-bond acceptors (Lipinski definition) is 6. The van der Waals surface area contributed by atoms with E-state index in [9.17, 15) is 0 Å². The van der Waals surface area contributed by atoms with Gasteiger partial charge in [-0.1, -0.05) is 6.92 Å². The van der Waals surface area contributed by atoms with Gasteiger partial charge in [0.25, 0.3) is 0 Å².